The number of pyridine rings is 2. The van der Waals surface area contributed by atoms with Crippen LogP contribution in [-0.4, -0.2) is 70.6 Å². The van der Waals surface area contributed by atoms with Gasteiger partial charge in [-0.15, -0.1) is 0 Å². The fourth-order valence-electron chi connectivity index (χ4n) is 5.75. The molecule has 0 bridgehead atoms. The van der Waals surface area contributed by atoms with E-state index in [-0.39, 0.29) is 18.0 Å². The molecule has 0 radical (unpaired) electrons. The lowest BCUT2D eigenvalue weighted by Gasteiger charge is -2.37. The van der Waals surface area contributed by atoms with Crippen molar-refractivity contribution in [1.29, 1.82) is 0 Å². The first-order valence-electron chi connectivity index (χ1n) is 13.6. The molecule has 10 nitrogen and oxygen atoms in total. The third kappa shape index (κ3) is 5.32. The Hall–Kier alpha value is -4.34. The third-order valence-corrected chi connectivity index (χ3v) is 7.86. The molecule has 2 aliphatic heterocycles. The molecule has 2 fully saturated rings. The molecule has 0 saturated carbocycles. The van der Waals surface area contributed by atoms with Gasteiger partial charge in [-0.05, 0) is 62.1 Å². The van der Waals surface area contributed by atoms with Gasteiger partial charge in [0.25, 0.3) is 0 Å². The highest BCUT2D eigenvalue weighted by Gasteiger charge is 2.28. The van der Waals surface area contributed by atoms with E-state index in [2.05, 4.69) is 31.2 Å². The van der Waals surface area contributed by atoms with E-state index >= 15 is 0 Å². The van der Waals surface area contributed by atoms with Gasteiger partial charge in [-0.2, -0.15) is 0 Å². The molecular formula is C29H33N7O3. The second-order valence-corrected chi connectivity index (χ2v) is 10.5. The van der Waals surface area contributed by atoms with Gasteiger partial charge in [0.05, 0.1) is 18.3 Å². The number of aromatic nitrogens is 3. The molecule has 10 heteroatoms. The quantitative estimate of drug-likeness (QED) is 0.351. The number of H-pyrrole nitrogens is 1. The molecule has 2 aliphatic rings. The number of piperidine rings is 2. The van der Waals surface area contributed by atoms with Crippen LogP contribution in [0, 0.1) is 5.92 Å². The fourth-order valence-corrected chi connectivity index (χ4v) is 5.75. The first kappa shape index (κ1) is 25.0. The largest absolute Gasteiger partial charge is 0.493 e. The van der Waals surface area contributed by atoms with Crippen LogP contribution in [0.25, 0.3) is 21.9 Å². The van der Waals surface area contributed by atoms with E-state index < -0.39 is 5.91 Å². The second-order valence-electron chi connectivity index (χ2n) is 10.5. The van der Waals surface area contributed by atoms with E-state index in [9.17, 15) is 9.59 Å². The molecule has 1 unspecified atom stereocenters. The van der Waals surface area contributed by atoms with Crippen molar-refractivity contribution >= 4 is 39.6 Å². The lowest BCUT2D eigenvalue weighted by molar-refractivity contribution is 0.1000. The summed E-state index contributed by atoms with van der Waals surface area (Å²) < 4.78 is 5.94. The molecule has 39 heavy (non-hydrogen) atoms. The lowest BCUT2D eigenvalue weighted by Crippen LogP contribution is -2.52. The summed E-state index contributed by atoms with van der Waals surface area (Å²) >= 11 is 0. The molecule has 0 spiro atoms. The number of likely N-dealkylation sites (tertiary alicyclic amines) is 1. The number of carbonyl (C=O) groups is 2. The molecule has 6 rings (SSSR count). The number of hydrogen-bond donors (Lipinski definition) is 3. The number of ether oxygens (including phenoxy) is 1. The van der Waals surface area contributed by atoms with Crippen LogP contribution in [0.5, 0.6) is 5.75 Å². The maximum atomic E-state index is 13.1. The van der Waals surface area contributed by atoms with E-state index in [0.717, 1.165) is 67.3 Å². The highest BCUT2D eigenvalue weighted by Crippen LogP contribution is 2.32. The molecule has 5 heterocycles. The molecule has 3 aromatic heterocycles. The highest BCUT2D eigenvalue weighted by molar-refractivity contribution is 6.10. The number of urea groups is 1. The van der Waals surface area contributed by atoms with Crippen molar-refractivity contribution < 1.29 is 14.3 Å². The Kier molecular flexibility index (Phi) is 6.91. The van der Waals surface area contributed by atoms with Crippen molar-refractivity contribution in [2.75, 3.05) is 37.7 Å². The Bertz CT molecular complexity index is 1480. The summed E-state index contributed by atoms with van der Waals surface area (Å²) in [4.78, 5) is 40.8. The number of hydrogen-bond acceptors (Lipinski definition) is 6. The van der Waals surface area contributed by atoms with Gasteiger partial charge >= 0.3 is 6.03 Å². The van der Waals surface area contributed by atoms with Crippen LogP contribution in [-0.2, 0) is 0 Å². The minimum atomic E-state index is -0.456. The van der Waals surface area contributed by atoms with Crippen molar-refractivity contribution in [2.24, 2.45) is 11.7 Å². The number of carbonyl (C=O) groups excluding carboxylic acids is 2. The average molecular weight is 528 g/mol. The van der Waals surface area contributed by atoms with E-state index in [1.165, 1.54) is 5.69 Å². The normalized spacial score (nSPS) is 18.4. The maximum absolute atomic E-state index is 13.1. The van der Waals surface area contributed by atoms with Gasteiger partial charge < -0.3 is 30.6 Å². The maximum Gasteiger partial charge on any atom is 0.317 e. The van der Waals surface area contributed by atoms with Crippen LogP contribution in [0.4, 0.5) is 10.5 Å². The van der Waals surface area contributed by atoms with Gasteiger partial charge in [0.1, 0.15) is 5.75 Å². The fraction of sp³-hybridized carbons (Fsp3) is 0.379. The molecular weight excluding hydrogens is 494 g/mol. The zero-order valence-electron chi connectivity index (χ0n) is 21.8. The monoisotopic (exact) mass is 527 g/mol. The van der Waals surface area contributed by atoms with Crippen molar-refractivity contribution in [1.82, 2.24) is 25.2 Å². The Balaban J connectivity index is 1.02. The third-order valence-electron chi connectivity index (χ3n) is 7.86. The van der Waals surface area contributed by atoms with Crippen LogP contribution in [0.3, 0.4) is 0 Å². The van der Waals surface area contributed by atoms with Crippen molar-refractivity contribution in [3.8, 4) is 5.75 Å². The Morgan fingerprint density at radius 1 is 1.05 bits per heavy atom. The molecule has 202 valence electrons. The van der Waals surface area contributed by atoms with Crippen molar-refractivity contribution in [2.45, 2.75) is 31.7 Å². The number of fused-ring (bicyclic) bond motifs is 3. The first-order valence-corrected chi connectivity index (χ1v) is 13.6. The SMILES string of the molecule is NC(=O)c1ccc(OCC2CCCN(C(=O)NC3CCN(c4cc[nH]c5cnc6nccc6c45)CC3)C2)cc1. The zero-order valence-corrected chi connectivity index (χ0v) is 21.8. The summed E-state index contributed by atoms with van der Waals surface area (Å²) in [5, 5.41) is 5.49. The van der Waals surface area contributed by atoms with Crippen LogP contribution < -0.4 is 20.7 Å². The van der Waals surface area contributed by atoms with E-state index in [1.807, 2.05) is 23.4 Å². The summed E-state index contributed by atoms with van der Waals surface area (Å²) in [5.74, 6) is 0.509. The Labute approximate surface area is 226 Å². The smallest absolute Gasteiger partial charge is 0.317 e. The lowest BCUT2D eigenvalue weighted by atomic mass is 9.99. The number of benzene rings is 1. The molecule has 3 amide bonds. The Morgan fingerprint density at radius 2 is 1.87 bits per heavy atom. The second kappa shape index (κ2) is 10.8. The number of nitrogens with zero attached hydrogens (tertiary/aromatic N) is 4. The number of nitrogens with two attached hydrogens (primary N) is 1. The van der Waals surface area contributed by atoms with Gasteiger partial charge in [0, 0.05) is 72.6 Å². The standard InChI is InChI=1S/C29H33N7O3/c30-27(37)20-3-5-22(6-4-20)39-18-19-2-1-13-36(17-19)29(38)34-21-9-14-35(15-10-21)25-8-12-31-24-16-33-28-23(26(24)25)7-11-32-28/h3-8,11-12,16,19,21,31H,1-2,9-10,13-15,17-18H2,(H2,30,37)(H,34,38). The number of aromatic amines is 1. The van der Waals surface area contributed by atoms with Crippen molar-refractivity contribution in [3.63, 3.8) is 0 Å². The van der Waals surface area contributed by atoms with Crippen LogP contribution >= 0.6 is 0 Å². The minimum absolute atomic E-state index is 0.0133. The number of anilines is 1. The summed E-state index contributed by atoms with van der Waals surface area (Å²) in [5.41, 5.74) is 8.69. The molecule has 0 aliphatic carbocycles. The van der Waals surface area contributed by atoms with E-state index in [1.54, 1.807) is 30.5 Å². The van der Waals surface area contributed by atoms with Gasteiger partial charge in [0.2, 0.25) is 5.91 Å². The van der Waals surface area contributed by atoms with Gasteiger partial charge in [0.15, 0.2) is 5.65 Å². The minimum Gasteiger partial charge on any atom is -0.493 e. The van der Waals surface area contributed by atoms with Crippen LogP contribution in [0.2, 0.25) is 0 Å². The topological polar surface area (TPSA) is 129 Å². The van der Waals surface area contributed by atoms with Crippen LogP contribution in [0.1, 0.15) is 36.0 Å². The zero-order chi connectivity index (χ0) is 26.8. The summed E-state index contributed by atoms with van der Waals surface area (Å²) in [6.07, 6.45) is 9.36. The summed E-state index contributed by atoms with van der Waals surface area (Å²) in [6, 6.07) is 11.1. The van der Waals surface area contributed by atoms with Crippen molar-refractivity contribution in [3.05, 3.63) is 60.6 Å². The molecule has 1 aromatic carbocycles. The van der Waals surface area contributed by atoms with Crippen LogP contribution in [0.15, 0.2) is 55.0 Å². The average Bonchev–Trinajstić information content (AvgIpc) is 3.46. The number of primary amides is 1. The first-order chi connectivity index (χ1) is 19.0. The van der Waals surface area contributed by atoms with Gasteiger partial charge in [-0.3, -0.25) is 4.79 Å². The van der Waals surface area contributed by atoms with E-state index in [4.69, 9.17) is 10.5 Å². The predicted molar refractivity (Wildman–Crippen MR) is 150 cm³/mol. The predicted octanol–water partition coefficient (Wildman–Crippen LogP) is 3.68. The molecule has 4 aromatic rings. The molecule has 2 saturated heterocycles. The summed E-state index contributed by atoms with van der Waals surface area (Å²) in [7, 11) is 0. The Morgan fingerprint density at radius 3 is 2.67 bits per heavy atom. The van der Waals surface area contributed by atoms with Gasteiger partial charge in [-0.25, -0.2) is 14.8 Å². The number of amides is 3. The highest BCUT2D eigenvalue weighted by atomic mass is 16.5. The number of rotatable bonds is 6. The van der Waals surface area contributed by atoms with E-state index in [0.29, 0.717) is 24.5 Å². The summed E-state index contributed by atoms with van der Waals surface area (Å²) in [6.45, 7) is 3.70. The number of nitrogens with one attached hydrogen (secondary N) is 2. The molecule has 1 atom stereocenters. The van der Waals surface area contributed by atoms with Gasteiger partial charge in [-0.1, -0.05) is 0 Å². The molecule has 4 N–H and O–H groups in total.